The molecule has 0 atom stereocenters. The summed E-state index contributed by atoms with van der Waals surface area (Å²) in [5, 5.41) is 8.22. The van der Waals surface area contributed by atoms with Gasteiger partial charge < -0.3 is 38.3 Å². The SMILES string of the molecule is N#COc1ccc2c(c1)OCO2.Nc1cc(-c2nc3ccccc3o2)ccn1.O=C(Cc1ccc2c(c1)OCO2)Cc1cc(-c2nc3ccccc3o2)ccn1. The van der Waals surface area contributed by atoms with Crippen LogP contribution in [0.15, 0.2) is 130 Å². The van der Waals surface area contributed by atoms with Gasteiger partial charge in [0.2, 0.25) is 25.4 Å². The van der Waals surface area contributed by atoms with Crippen LogP contribution >= 0.6 is 0 Å². The predicted molar refractivity (Wildman–Crippen MR) is 203 cm³/mol. The number of benzene rings is 4. The first-order valence-electron chi connectivity index (χ1n) is 17.2. The van der Waals surface area contributed by atoms with E-state index in [0.29, 0.717) is 58.5 Å². The predicted octanol–water partition coefficient (Wildman–Crippen LogP) is 7.72. The molecule has 2 aliphatic rings. The van der Waals surface area contributed by atoms with Crippen molar-refractivity contribution in [3.63, 3.8) is 0 Å². The van der Waals surface area contributed by atoms with Gasteiger partial charge in [0, 0.05) is 48.1 Å². The average molecular weight is 747 g/mol. The van der Waals surface area contributed by atoms with Gasteiger partial charge in [0.15, 0.2) is 34.2 Å². The molecule has 56 heavy (non-hydrogen) atoms. The first kappa shape index (κ1) is 35.1. The van der Waals surface area contributed by atoms with Gasteiger partial charge in [0.25, 0.3) is 6.26 Å². The van der Waals surface area contributed by atoms with E-state index in [1.54, 1.807) is 42.9 Å². The molecule has 14 nitrogen and oxygen atoms in total. The number of carbonyl (C=O) groups excluding carboxylic acids is 1. The lowest BCUT2D eigenvalue weighted by Gasteiger charge is -2.04. The van der Waals surface area contributed by atoms with Crippen molar-refractivity contribution in [3.05, 3.63) is 133 Å². The van der Waals surface area contributed by atoms with Gasteiger partial charge >= 0.3 is 0 Å². The maximum atomic E-state index is 12.5. The molecule has 0 amide bonds. The van der Waals surface area contributed by atoms with Crippen molar-refractivity contribution in [2.45, 2.75) is 12.8 Å². The molecule has 2 aliphatic heterocycles. The summed E-state index contributed by atoms with van der Waals surface area (Å²) >= 11 is 0. The summed E-state index contributed by atoms with van der Waals surface area (Å²) in [6.07, 6.45) is 5.44. The normalized spacial score (nSPS) is 11.9. The Morgan fingerprint density at radius 1 is 0.661 bits per heavy atom. The van der Waals surface area contributed by atoms with Gasteiger partial charge in [0.1, 0.15) is 28.4 Å². The number of aromatic nitrogens is 4. The van der Waals surface area contributed by atoms with Crippen LogP contribution in [0.2, 0.25) is 0 Å². The number of anilines is 1. The lowest BCUT2D eigenvalue weighted by atomic mass is 10.0. The van der Waals surface area contributed by atoms with Crippen LogP contribution in [0.4, 0.5) is 5.82 Å². The number of ether oxygens (including phenoxy) is 5. The summed E-state index contributed by atoms with van der Waals surface area (Å²) in [5.74, 6) is 4.76. The molecule has 0 radical (unpaired) electrons. The molecule has 4 aromatic heterocycles. The van der Waals surface area contributed by atoms with Crippen LogP contribution in [-0.4, -0.2) is 39.3 Å². The minimum atomic E-state index is 0.0704. The zero-order valence-electron chi connectivity index (χ0n) is 29.5. The fraction of sp³-hybridized carbons (Fsp3) is 0.0952. The molecular weight excluding hydrogens is 716 g/mol. The summed E-state index contributed by atoms with van der Waals surface area (Å²) in [5.41, 5.74) is 12.0. The van der Waals surface area contributed by atoms with E-state index in [4.69, 9.17) is 38.8 Å². The van der Waals surface area contributed by atoms with Gasteiger partial charge in [0.05, 0.1) is 0 Å². The highest BCUT2D eigenvalue weighted by atomic mass is 16.7. The third-order valence-electron chi connectivity index (χ3n) is 8.40. The molecule has 6 heterocycles. The number of nitrogens with zero attached hydrogens (tertiary/aromatic N) is 5. The Labute approximate surface area is 318 Å². The molecular formula is C42H30N6O8. The number of fused-ring (bicyclic) bond motifs is 4. The minimum absolute atomic E-state index is 0.0704. The molecule has 0 aliphatic carbocycles. The van der Waals surface area contributed by atoms with Crippen molar-refractivity contribution in [1.29, 1.82) is 5.26 Å². The van der Waals surface area contributed by atoms with Gasteiger partial charge in [-0.15, -0.1) is 5.26 Å². The third-order valence-corrected chi connectivity index (χ3v) is 8.40. The molecule has 276 valence electrons. The van der Waals surface area contributed by atoms with Crippen molar-refractivity contribution in [1.82, 2.24) is 19.9 Å². The van der Waals surface area contributed by atoms with Crippen LogP contribution in [0.5, 0.6) is 28.7 Å². The Hall–Kier alpha value is -7.92. The highest BCUT2D eigenvalue weighted by Crippen LogP contribution is 2.35. The second kappa shape index (κ2) is 16.0. The summed E-state index contributed by atoms with van der Waals surface area (Å²) in [7, 11) is 0. The summed E-state index contributed by atoms with van der Waals surface area (Å²) in [6, 6.07) is 33.0. The van der Waals surface area contributed by atoms with Crippen LogP contribution in [0, 0.1) is 11.5 Å². The number of ketones is 1. The largest absolute Gasteiger partial charge is 0.454 e. The monoisotopic (exact) mass is 746 g/mol. The number of nitriles is 1. The Morgan fingerprint density at radius 2 is 1.25 bits per heavy atom. The summed E-state index contributed by atoms with van der Waals surface area (Å²) in [4.78, 5) is 29.6. The summed E-state index contributed by atoms with van der Waals surface area (Å²) < 4.78 is 36.8. The van der Waals surface area contributed by atoms with E-state index in [1.807, 2.05) is 84.9 Å². The van der Waals surface area contributed by atoms with Crippen molar-refractivity contribution < 1.29 is 37.3 Å². The molecule has 0 spiro atoms. The highest BCUT2D eigenvalue weighted by Gasteiger charge is 2.16. The summed E-state index contributed by atoms with van der Waals surface area (Å²) in [6.45, 7) is 0.449. The lowest BCUT2D eigenvalue weighted by molar-refractivity contribution is -0.117. The quantitative estimate of drug-likeness (QED) is 0.156. The van der Waals surface area contributed by atoms with Crippen molar-refractivity contribution in [3.8, 4) is 57.9 Å². The van der Waals surface area contributed by atoms with Crippen molar-refractivity contribution >= 4 is 33.8 Å². The fourth-order valence-electron chi connectivity index (χ4n) is 5.82. The van der Waals surface area contributed by atoms with E-state index < -0.39 is 0 Å². The Bertz CT molecular complexity index is 2650. The Morgan fingerprint density at radius 3 is 1.89 bits per heavy atom. The number of nitrogens with two attached hydrogens (primary N) is 1. The highest BCUT2D eigenvalue weighted by molar-refractivity contribution is 5.83. The topological polar surface area (TPSA) is 191 Å². The lowest BCUT2D eigenvalue weighted by Crippen LogP contribution is -2.08. The Balaban J connectivity index is 0.000000132. The zero-order chi connectivity index (χ0) is 38.3. The molecule has 4 aromatic carbocycles. The standard InChI is InChI=1S/C22H16N2O4.C12H9N3O.C8H5NO3/c25-17(9-14-5-6-20-21(10-14)27-13-26-20)12-16-11-15(7-8-23-16)22-24-18-3-1-2-4-19(18)28-22;13-11-7-8(5-6-14-11)12-15-9-3-1-2-4-10(9)16-12;9-4-10-6-1-2-7-8(3-6)12-5-11-7/h1-8,10-11H,9,12-13H2;1-7H,(H2,13,14);1-3H,5H2. The minimum Gasteiger partial charge on any atom is -0.454 e. The van der Waals surface area contributed by atoms with E-state index in [-0.39, 0.29) is 25.8 Å². The maximum Gasteiger partial charge on any atom is 0.292 e. The first-order chi connectivity index (χ1) is 27.5. The number of para-hydroxylation sites is 4. The van der Waals surface area contributed by atoms with E-state index in [1.165, 1.54) is 0 Å². The van der Waals surface area contributed by atoms with Gasteiger partial charge in [-0.25, -0.2) is 15.0 Å². The fourth-order valence-corrected chi connectivity index (χ4v) is 5.82. The van der Waals surface area contributed by atoms with E-state index in [2.05, 4.69) is 24.7 Å². The van der Waals surface area contributed by atoms with Gasteiger partial charge in [-0.3, -0.25) is 9.78 Å². The molecule has 0 bridgehead atoms. The number of nitrogen functional groups attached to an aromatic ring is 1. The number of hydrogen-bond donors (Lipinski definition) is 1. The molecule has 0 fully saturated rings. The second-order valence-electron chi connectivity index (χ2n) is 12.3. The van der Waals surface area contributed by atoms with Gasteiger partial charge in [-0.1, -0.05) is 30.3 Å². The van der Waals surface area contributed by atoms with E-state index >= 15 is 0 Å². The molecule has 0 saturated heterocycles. The maximum absolute atomic E-state index is 12.5. The van der Waals surface area contributed by atoms with Gasteiger partial charge in [-0.2, -0.15) is 0 Å². The molecule has 0 saturated carbocycles. The van der Waals surface area contributed by atoms with E-state index in [9.17, 15) is 4.79 Å². The van der Waals surface area contributed by atoms with Crippen LogP contribution in [0.1, 0.15) is 11.3 Å². The van der Waals surface area contributed by atoms with Crippen LogP contribution in [0.25, 0.3) is 45.1 Å². The third kappa shape index (κ3) is 8.17. The van der Waals surface area contributed by atoms with E-state index in [0.717, 1.165) is 38.9 Å². The smallest absolute Gasteiger partial charge is 0.292 e. The van der Waals surface area contributed by atoms with Crippen molar-refractivity contribution in [2.75, 3.05) is 19.3 Å². The number of oxazole rings is 2. The number of rotatable bonds is 7. The number of pyridine rings is 2. The number of carbonyl (C=O) groups is 1. The molecule has 2 N–H and O–H groups in total. The second-order valence-corrected chi connectivity index (χ2v) is 12.3. The van der Waals surface area contributed by atoms with Crippen molar-refractivity contribution in [2.24, 2.45) is 0 Å². The Kier molecular flexibility index (Phi) is 10.0. The van der Waals surface area contributed by atoms with Crippen LogP contribution in [0.3, 0.4) is 0 Å². The molecule has 8 aromatic rings. The van der Waals surface area contributed by atoms with Crippen LogP contribution < -0.4 is 29.4 Å². The number of Topliss-reactive ketones (excluding diaryl/α,β-unsaturated/α-hetero) is 1. The number of hydrogen-bond acceptors (Lipinski definition) is 14. The zero-order valence-corrected chi connectivity index (χ0v) is 29.5. The molecule has 0 unspecified atom stereocenters. The van der Waals surface area contributed by atoms with Gasteiger partial charge in [-0.05, 0) is 78.4 Å². The van der Waals surface area contributed by atoms with Crippen LogP contribution in [-0.2, 0) is 17.6 Å². The first-order valence-corrected chi connectivity index (χ1v) is 17.2. The average Bonchev–Trinajstić information content (AvgIpc) is 4.04. The molecule has 10 rings (SSSR count). The molecule has 14 heteroatoms.